The Morgan fingerprint density at radius 3 is 2.69 bits per heavy atom. The van der Waals surface area contributed by atoms with Crippen molar-refractivity contribution in [3.05, 3.63) is 22.6 Å². The molecule has 0 saturated heterocycles. The van der Waals surface area contributed by atoms with Gasteiger partial charge in [0.1, 0.15) is 0 Å². The maximum Gasteiger partial charge on any atom is 0.287 e. The topological polar surface area (TPSA) is 68.3 Å². The molecule has 0 fully saturated rings. The highest BCUT2D eigenvalue weighted by atomic mass is 79.9. The van der Waals surface area contributed by atoms with Crippen LogP contribution in [-0.4, -0.2) is 18.5 Å². The van der Waals surface area contributed by atoms with Crippen LogP contribution in [0.3, 0.4) is 0 Å². The third-order valence-corrected chi connectivity index (χ3v) is 2.60. The van der Waals surface area contributed by atoms with Gasteiger partial charge < -0.3 is 15.5 Å². The van der Waals surface area contributed by atoms with Gasteiger partial charge >= 0.3 is 0 Å². The number of halogens is 1. The molecule has 4 nitrogen and oxygen atoms in total. The summed E-state index contributed by atoms with van der Waals surface area (Å²) < 4.78 is 5.71. The third kappa shape index (κ3) is 3.98. The Morgan fingerprint density at radius 2 is 2.25 bits per heavy atom. The van der Waals surface area contributed by atoms with E-state index in [4.69, 9.17) is 10.2 Å². The molecule has 1 heterocycles. The third-order valence-electron chi connectivity index (χ3n) is 2.17. The summed E-state index contributed by atoms with van der Waals surface area (Å²) in [7, 11) is 0. The van der Waals surface area contributed by atoms with Crippen molar-refractivity contribution < 1.29 is 9.21 Å². The van der Waals surface area contributed by atoms with E-state index in [1.165, 1.54) is 0 Å². The first-order chi connectivity index (χ1) is 7.52. The van der Waals surface area contributed by atoms with Crippen molar-refractivity contribution in [2.45, 2.75) is 26.3 Å². The fourth-order valence-electron chi connectivity index (χ4n) is 1.48. The van der Waals surface area contributed by atoms with Gasteiger partial charge in [0.25, 0.3) is 5.91 Å². The second kappa shape index (κ2) is 6.06. The molecule has 1 unspecified atom stereocenters. The fraction of sp³-hybridized carbons (Fsp3) is 0.545. The summed E-state index contributed by atoms with van der Waals surface area (Å²) in [6.07, 6.45) is 0.865. The predicted octanol–water partition coefficient (Wildman–Crippen LogP) is 2.15. The number of carbonyl (C=O) groups is 1. The number of nitrogens with two attached hydrogens (primary N) is 1. The number of carbonyl (C=O) groups excluding carboxylic acids is 1. The zero-order chi connectivity index (χ0) is 12.1. The average molecular weight is 289 g/mol. The van der Waals surface area contributed by atoms with E-state index in [1.54, 1.807) is 12.1 Å². The van der Waals surface area contributed by atoms with Crippen molar-refractivity contribution in [1.29, 1.82) is 0 Å². The van der Waals surface area contributed by atoms with Gasteiger partial charge in [0.15, 0.2) is 10.4 Å². The van der Waals surface area contributed by atoms with Crippen molar-refractivity contribution in [3.8, 4) is 0 Å². The van der Waals surface area contributed by atoms with Crippen LogP contribution in [0.4, 0.5) is 0 Å². The van der Waals surface area contributed by atoms with Gasteiger partial charge in [0.05, 0.1) is 0 Å². The molecule has 1 rings (SSSR count). The molecule has 0 saturated carbocycles. The Kier molecular flexibility index (Phi) is 5.02. The SMILES string of the molecule is CC(C)CC(CN)NC(=O)c1ccc(Br)o1. The first-order valence-electron chi connectivity index (χ1n) is 5.29. The number of rotatable bonds is 5. The summed E-state index contributed by atoms with van der Waals surface area (Å²) in [5.74, 6) is 0.577. The number of hydrogen-bond acceptors (Lipinski definition) is 3. The van der Waals surface area contributed by atoms with Gasteiger partial charge in [-0.25, -0.2) is 0 Å². The van der Waals surface area contributed by atoms with Crippen molar-refractivity contribution in [3.63, 3.8) is 0 Å². The van der Waals surface area contributed by atoms with E-state index in [0.29, 0.717) is 22.9 Å². The van der Waals surface area contributed by atoms with E-state index < -0.39 is 0 Å². The minimum absolute atomic E-state index is 0.00336. The Bertz CT molecular complexity index is 350. The van der Waals surface area contributed by atoms with Crippen LogP contribution in [0.1, 0.15) is 30.8 Å². The minimum Gasteiger partial charge on any atom is -0.444 e. The summed E-state index contributed by atoms with van der Waals surface area (Å²) in [5.41, 5.74) is 5.60. The number of furan rings is 1. The van der Waals surface area contributed by atoms with Gasteiger partial charge in [0, 0.05) is 12.6 Å². The zero-order valence-corrected chi connectivity index (χ0v) is 11.1. The molecule has 0 aliphatic carbocycles. The van der Waals surface area contributed by atoms with Crippen LogP contribution in [0.5, 0.6) is 0 Å². The molecule has 0 bridgehead atoms. The second-order valence-electron chi connectivity index (χ2n) is 4.14. The van der Waals surface area contributed by atoms with Crippen LogP contribution >= 0.6 is 15.9 Å². The summed E-state index contributed by atoms with van der Waals surface area (Å²) in [5, 5.41) is 2.85. The van der Waals surface area contributed by atoms with Crippen LogP contribution in [0.25, 0.3) is 0 Å². The molecule has 1 aromatic rings. The van der Waals surface area contributed by atoms with Crippen LogP contribution in [0.15, 0.2) is 21.2 Å². The molecule has 0 aliphatic rings. The largest absolute Gasteiger partial charge is 0.444 e. The van der Waals surface area contributed by atoms with Gasteiger partial charge in [0.2, 0.25) is 0 Å². The standard InChI is InChI=1S/C11H17BrN2O2/c1-7(2)5-8(6-13)14-11(15)9-3-4-10(12)16-9/h3-4,7-8H,5-6,13H2,1-2H3,(H,14,15). The first-order valence-corrected chi connectivity index (χ1v) is 6.08. The van der Waals surface area contributed by atoms with E-state index >= 15 is 0 Å². The highest BCUT2D eigenvalue weighted by molar-refractivity contribution is 9.10. The molecule has 16 heavy (non-hydrogen) atoms. The molecule has 3 N–H and O–H groups in total. The van der Waals surface area contributed by atoms with Crippen LogP contribution in [0.2, 0.25) is 0 Å². The Balaban J connectivity index is 2.55. The maximum atomic E-state index is 11.7. The molecule has 1 amide bonds. The lowest BCUT2D eigenvalue weighted by atomic mass is 10.0. The summed E-state index contributed by atoms with van der Waals surface area (Å²) in [6, 6.07) is 3.31. The molecular formula is C11H17BrN2O2. The van der Waals surface area contributed by atoms with E-state index in [-0.39, 0.29) is 11.9 Å². The predicted molar refractivity (Wildman–Crippen MR) is 66.2 cm³/mol. The highest BCUT2D eigenvalue weighted by Crippen LogP contribution is 2.14. The lowest BCUT2D eigenvalue weighted by molar-refractivity contribution is 0.0904. The molecule has 5 heteroatoms. The number of nitrogens with one attached hydrogen (secondary N) is 1. The molecule has 0 radical (unpaired) electrons. The summed E-state index contributed by atoms with van der Waals surface area (Å²) in [6.45, 7) is 4.63. The average Bonchev–Trinajstić information content (AvgIpc) is 2.63. The molecule has 0 aromatic carbocycles. The lowest BCUT2D eigenvalue weighted by Crippen LogP contribution is -2.40. The van der Waals surface area contributed by atoms with Gasteiger partial charge in [-0.1, -0.05) is 13.8 Å². The van der Waals surface area contributed by atoms with Crippen LogP contribution in [0, 0.1) is 5.92 Å². The number of amides is 1. The van der Waals surface area contributed by atoms with E-state index in [0.717, 1.165) is 6.42 Å². The minimum atomic E-state index is -0.221. The highest BCUT2D eigenvalue weighted by Gasteiger charge is 2.16. The molecule has 1 aromatic heterocycles. The summed E-state index contributed by atoms with van der Waals surface area (Å²) in [4.78, 5) is 11.7. The molecule has 0 spiro atoms. The van der Waals surface area contributed by atoms with Crippen molar-refractivity contribution in [1.82, 2.24) is 5.32 Å². The van der Waals surface area contributed by atoms with Crippen molar-refractivity contribution in [2.75, 3.05) is 6.54 Å². The maximum absolute atomic E-state index is 11.7. The Labute approximate surface area is 104 Å². The lowest BCUT2D eigenvalue weighted by Gasteiger charge is -2.17. The van der Waals surface area contributed by atoms with Gasteiger partial charge in [-0.3, -0.25) is 4.79 Å². The smallest absolute Gasteiger partial charge is 0.287 e. The fourth-order valence-corrected chi connectivity index (χ4v) is 1.78. The van der Waals surface area contributed by atoms with E-state index in [1.807, 2.05) is 0 Å². The molecule has 1 atom stereocenters. The molecule has 0 aliphatic heterocycles. The Hall–Kier alpha value is -0.810. The van der Waals surface area contributed by atoms with Crippen LogP contribution in [-0.2, 0) is 0 Å². The van der Waals surface area contributed by atoms with Crippen LogP contribution < -0.4 is 11.1 Å². The normalized spacial score (nSPS) is 12.8. The monoisotopic (exact) mass is 288 g/mol. The summed E-state index contributed by atoms with van der Waals surface area (Å²) >= 11 is 3.15. The van der Waals surface area contributed by atoms with Gasteiger partial charge in [-0.05, 0) is 40.4 Å². The van der Waals surface area contributed by atoms with Gasteiger partial charge in [-0.15, -0.1) is 0 Å². The van der Waals surface area contributed by atoms with Crippen molar-refractivity contribution >= 4 is 21.8 Å². The quantitative estimate of drug-likeness (QED) is 0.872. The zero-order valence-electron chi connectivity index (χ0n) is 9.50. The second-order valence-corrected chi connectivity index (χ2v) is 4.92. The molecular weight excluding hydrogens is 272 g/mol. The molecule has 90 valence electrons. The first kappa shape index (κ1) is 13.3. The Morgan fingerprint density at radius 1 is 1.56 bits per heavy atom. The van der Waals surface area contributed by atoms with E-state index in [2.05, 4.69) is 35.1 Å². The van der Waals surface area contributed by atoms with Crippen molar-refractivity contribution in [2.24, 2.45) is 11.7 Å². The van der Waals surface area contributed by atoms with Gasteiger partial charge in [-0.2, -0.15) is 0 Å². The van der Waals surface area contributed by atoms with E-state index in [9.17, 15) is 4.79 Å². The number of hydrogen-bond donors (Lipinski definition) is 2.